The van der Waals surface area contributed by atoms with Crippen LogP contribution in [0, 0.1) is 0 Å². The van der Waals surface area contributed by atoms with E-state index in [1.807, 2.05) is 25.2 Å². The maximum atomic E-state index is 6.25. The Labute approximate surface area is 132 Å². The van der Waals surface area contributed by atoms with Gasteiger partial charge in [-0.2, -0.15) is 0 Å². The van der Waals surface area contributed by atoms with Crippen molar-refractivity contribution in [3.63, 3.8) is 0 Å². The second-order valence-electron chi connectivity index (χ2n) is 5.51. The number of nitrogens with one attached hydrogen (secondary N) is 1. The molecular formula is C17H25N5. The van der Waals surface area contributed by atoms with E-state index in [4.69, 9.17) is 5.73 Å². The lowest BCUT2D eigenvalue weighted by Crippen LogP contribution is -2.22. The maximum absolute atomic E-state index is 6.25. The van der Waals surface area contributed by atoms with Crippen molar-refractivity contribution in [1.29, 1.82) is 0 Å². The number of unbranched alkanes of at least 4 members (excludes halogenated alkanes) is 1. The summed E-state index contributed by atoms with van der Waals surface area (Å²) in [6, 6.07) is 10.4. The van der Waals surface area contributed by atoms with Crippen molar-refractivity contribution in [2.75, 3.05) is 29.5 Å². The fourth-order valence-corrected chi connectivity index (χ4v) is 2.34. The minimum atomic E-state index is 0.132. The first-order valence-corrected chi connectivity index (χ1v) is 7.76. The summed E-state index contributed by atoms with van der Waals surface area (Å²) < 4.78 is 0. The molecule has 1 unspecified atom stereocenters. The molecule has 0 fully saturated rings. The number of nitrogens with zero attached hydrogens (tertiary/aromatic N) is 3. The standard InChI is InChI=1S/C17H25N5/c1-4-5-11-22(3)17-15(18)16(19-12-20-17)21-13(2)14-9-7-6-8-10-14/h6-10,12-13H,4-5,11,18H2,1-3H3,(H,19,20,21). The molecule has 0 aliphatic heterocycles. The third-order valence-corrected chi connectivity index (χ3v) is 3.72. The first-order valence-electron chi connectivity index (χ1n) is 7.76. The van der Waals surface area contributed by atoms with Gasteiger partial charge in [-0.15, -0.1) is 0 Å². The van der Waals surface area contributed by atoms with Gasteiger partial charge in [0.25, 0.3) is 0 Å². The summed E-state index contributed by atoms with van der Waals surface area (Å²) in [6.07, 6.45) is 3.82. The summed E-state index contributed by atoms with van der Waals surface area (Å²) in [5.74, 6) is 1.47. The summed E-state index contributed by atoms with van der Waals surface area (Å²) in [6.45, 7) is 5.20. The Morgan fingerprint density at radius 1 is 1.23 bits per heavy atom. The zero-order valence-electron chi connectivity index (χ0n) is 13.6. The van der Waals surface area contributed by atoms with Crippen LogP contribution >= 0.6 is 0 Å². The van der Waals surface area contributed by atoms with Crippen LogP contribution in [0.3, 0.4) is 0 Å². The lowest BCUT2D eigenvalue weighted by atomic mass is 10.1. The minimum absolute atomic E-state index is 0.132. The van der Waals surface area contributed by atoms with Gasteiger partial charge in [0.1, 0.15) is 12.0 Å². The summed E-state index contributed by atoms with van der Waals surface area (Å²) in [7, 11) is 2.01. The quantitative estimate of drug-likeness (QED) is 0.819. The van der Waals surface area contributed by atoms with Crippen LogP contribution < -0.4 is 16.0 Å². The van der Waals surface area contributed by atoms with E-state index in [0.717, 1.165) is 25.2 Å². The van der Waals surface area contributed by atoms with E-state index >= 15 is 0 Å². The van der Waals surface area contributed by atoms with Gasteiger partial charge < -0.3 is 16.0 Å². The van der Waals surface area contributed by atoms with Gasteiger partial charge in [-0.3, -0.25) is 0 Å². The normalized spacial score (nSPS) is 12.0. The molecule has 1 aromatic heterocycles. The summed E-state index contributed by atoms with van der Waals surface area (Å²) in [5, 5.41) is 3.38. The van der Waals surface area contributed by atoms with E-state index in [9.17, 15) is 0 Å². The highest BCUT2D eigenvalue weighted by Gasteiger charge is 2.14. The monoisotopic (exact) mass is 299 g/mol. The van der Waals surface area contributed by atoms with Crippen molar-refractivity contribution >= 4 is 17.3 Å². The highest BCUT2D eigenvalue weighted by atomic mass is 15.2. The molecule has 118 valence electrons. The predicted octanol–water partition coefficient (Wildman–Crippen LogP) is 3.47. The lowest BCUT2D eigenvalue weighted by Gasteiger charge is -2.22. The summed E-state index contributed by atoms with van der Waals surface area (Å²) in [4.78, 5) is 10.7. The zero-order valence-corrected chi connectivity index (χ0v) is 13.6. The third-order valence-electron chi connectivity index (χ3n) is 3.72. The lowest BCUT2D eigenvalue weighted by molar-refractivity contribution is 0.758. The molecule has 0 amide bonds. The molecule has 1 atom stereocenters. The molecule has 0 aliphatic rings. The van der Waals surface area contributed by atoms with Gasteiger partial charge in [0, 0.05) is 13.6 Å². The average Bonchev–Trinajstić information content (AvgIpc) is 2.55. The highest BCUT2D eigenvalue weighted by Crippen LogP contribution is 2.28. The van der Waals surface area contributed by atoms with Crippen molar-refractivity contribution < 1.29 is 0 Å². The molecule has 5 nitrogen and oxygen atoms in total. The van der Waals surface area contributed by atoms with E-state index in [1.54, 1.807) is 6.33 Å². The molecule has 0 saturated heterocycles. The molecule has 0 spiro atoms. The van der Waals surface area contributed by atoms with Crippen LogP contribution in [-0.4, -0.2) is 23.6 Å². The van der Waals surface area contributed by atoms with Gasteiger partial charge in [0.15, 0.2) is 11.6 Å². The molecule has 1 heterocycles. The smallest absolute Gasteiger partial charge is 0.157 e. The molecule has 2 aromatic rings. The van der Waals surface area contributed by atoms with Gasteiger partial charge in [-0.05, 0) is 18.9 Å². The number of nitrogens with two attached hydrogens (primary N) is 1. The Kier molecular flexibility index (Phi) is 5.58. The number of benzene rings is 1. The van der Waals surface area contributed by atoms with Gasteiger partial charge in [-0.25, -0.2) is 9.97 Å². The van der Waals surface area contributed by atoms with Crippen molar-refractivity contribution in [2.24, 2.45) is 0 Å². The van der Waals surface area contributed by atoms with E-state index in [1.165, 1.54) is 5.56 Å². The number of aromatic nitrogens is 2. The highest BCUT2D eigenvalue weighted by molar-refractivity contribution is 5.75. The largest absolute Gasteiger partial charge is 0.393 e. The molecule has 0 bridgehead atoms. The van der Waals surface area contributed by atoms with Crippen LogP contribution in [0.4, 0.5) is 17.3 Å². The summed E-state index contributed by atoms with van der Waals surface area (Å²) in [5.41, 5.74) is 8.05. The summed E-state index contributed by atoms with van der Waals surface area (Å²) >= 11 is 0. The molecule has 0 saturated carbocycles. The second-order valence-corrected chi connectivity index (χ2v) is 5.51. The Morgan fingerprint density at radius 3 is 2.64 bits per heavy atom. The number of anilines is 3. The van der Waals surface area contributed by atoms with Crippen LogP contribution in [0.5, 0.6) is 0 Å². The van der Waals surface area contributed by atoms with Crippen molar-refractivity contribution in [1.82, 2.24) is 9.97 Å². The van der Waals surface area contributed by atoms with Gasteiger partial charge in [0.05, 0.1) is 6.04 Å². The topological polar surface area (TPSA) is 67.1 Å². The Hall–Kier alpha value is -2.30. The number of hydrogen-bond acceptors (Lipinski definition) is 5. The SMILES string of the molecule is CCCCN(C)c1ncnc(NC(C)c2ccccc2)c1N. The van der Waals surface area contributed by atoms with Crippen LogP contribution in [0.15, 0.2) is 36.7 Å². The van der Waals surface area contributed by atoms with Crippen LogP contribution in [0.25, 0.3) is 0 Å². The van der Waals surface area contributed by atoms with Gasteiger partial charge in [-0.1, -0.05) is 43.7 Å². The van der Waals surface area contributed by atoms with E-state index in [-0.39, 0.29) is 6.04 Å². The Bertz CT molecular complexity index is 585. The molecule has 0 radical (unpaired) electrons. The first-order chi connectivity index (χ1) is 10.6. The molecule has 2 rings (SSSR count). The van der Waals surface area contributed by atoms with Crippen LogP contribution in [0.1, 0.15) is 38.3 Å². The fraction of sp³-hybridized carbons (Fsp3) is 0.412. The predicted molar refractivity (Wildman–Crippen MR) is 93.1 cm³/mol. The molecule has 5 heteroatoms. The van der Waals surface area contributed by atoms with Crippen molar-refractivity contribution in [3.05, 3.63) is 42.2 Å². The molecular weight excluding hydrogens is 274 g/mol. The molecule has 22 heavy (non-hydrogen) atoms. The first kappa shape index (κ1) is 16.1. The van der Waals surface area contributed by atoms with Gasteiger partial charge in [0.2, 0.25) is 0 Å². The van der Waals surface area contributed by atoms with Crippen LogP contribution in [0.2, 0.25) is 0 Å². The molecule has 0 aliphatic carbocycles. The number of hydrogen-bond donors (Lipinski definition) is 2. The zero-order chi connectivity index (χ0) is 15.9. The van der Waals surface area contributed by atoms with Crippen LogP contribution in [-0.2, 0) is 0 Å². The van der Waals surface area contributed by atoms with E-state index in [0.29, 0.717) is 11.5 Å². The Morgan fingerprint density at radius 2 is 1.95 bits per heavy atom. The fourth-order valence-electron chi connectivity index (χ4n) is 2.34. The van der Waals surface area contributed by atoms with E-state index in [2.05, 4.69) is 46.2 Å². The van der Waals surface area contributed by atoms with Crippen molar-refractivity contribution in [3.8, 4) is 0 Å². The van der Waals surface area contributed by atoms with Gasteiger partial charge >= 0.3 is 0 Å². The molecule has 3 N–H and O–H groups in total. The average molecular weight is 299 g/mol. The van der Waals surface area contributed by atoms with Crippen molar-refractivity contribution in [2.45, 2.75) is 32.7 Å². The number of rotatable bonds is 7. The number of nitrogen functional groups attached to an aromatic ring is 1. The third kappa shape index (κ3) is 3.87. The van der Waals surface area contributed by atoms with E-state index < -0.39 is 0 Å². The Balaban J connectivity index is 2.15. The maximum Gasteiger partial charge on any atom is 0.157 e. The second kappa shape index (κ2) is 7.64. The molecule has 1 aromatic carbocycles. The minimum Gasteiger partial charge on any atom is -0.393 e.